The molecular formula is C8H16N3O2S-. The molecule has 0 aromatic rings. The standard InChI is InChI=1S/C8H16N3O2S/c1-7(2)10-3-4-11-8(6-10)5-9-14(11,12)13/h7-8H,3-6H2,1-2H3/q-1. The van der Waals surface area contributed by atoms with Crippen molar-refractivity contribution >= 4 is 10.2 Å². The summed E-state index contributed by atoms with van der Waals surface area (Å²) in [5, 5.41) is 0. The van der Waals surface area contributed by atoms with Crippen LogP contribution in [0.25, 0.3) is 4.72 Å². The average Bonchev–Trinajstić information content (AvgIpc) is 2.42. The van der Waals surface area contributed by atoms with Gasteiger partial charge in [0.15, 0.2) is 0 Å². The van der Waals surface area contributed by atoms with Crippen molar-refractivity contribution in [3.8, 4) is 0 Å². The molecule has 0 spiro atoms. The van der Waals surface area contributed by atoms with Crippen LogP contribution in [-0.2, 0) is 10.2 Å². The van der Waals surface area contributed by atoms with Gasteiger partial charge in [0.25, 0.3) is 0 Å². The zero-order valence-electron chi connectivity index (χ0n) is 8.55. The van der Waals surface area contributed by atoms with Gasteiger partial charge in [0, 0.05) is 31.7 Å². The van der Waals surface area contributed by atoms with E-state index in [9.17, 15) is 8.42 Å². The maximum atomic E-state index is 11.4. The molecule has 0 amide bonds. The van der Waals surface area contributed by atoms with Crippen LogP contribution in [0.1, 0.15) is 13.8 Å². The summed E-state index contributed by atoms with van der Waals surface area (Å²) in [7, 11) is -3.26. The van der Waals surface area contributed by atoms with Gasteiger partial charge < -0.3 is 4.72 Å². The molecule has 0 aromatic carbocycles. The fourth-order valence-electron chi connectivity index (χ4n) is 2.04. The fourth-order valence-corrected chi connectivity index (χ4v) is 3.37. The molecule has 2 fully saturated rings. The monoisotopic (exact) mass is 218 g/mol. The summed E-state index contributed by atoms with van der Waals surface area (Å²) in [4.78, 5) is 2.30. The summed E-state index contributed by atoms with van der Waals surface area (Å²) in [6, 6.07) is 0.566. The molecule has 2 rings (SSSR count). The van der Waals surface area contributed by atoms with Crippen LogP contribution in [0.4, 0.5) is 0 Å². The lowest BCUT2D eigenvalue weighted by Gasteiger charge is -2.39. The third-order valence-electron chi connectivity index (χ3n) is 2.94. The summed E-state index contributed by atoms with van der Waals surface area (Å²) in [6.07, 6.45) is 0. The molecule has 0 radical (unpaired) electrons. The Labute approximate surface area is 85.2 Å². The Kier molecular flexibility index (Phi) is 2.55. The van der Waals surface area contributed by atoms with Crippen LogP contribution >= 0.6 is 0 Å². The van der Waals surface area contributed by atoms with Crippen LogP contribution < -0.4 is 0 Å². The highest BCUT2D eigenvalue weighted by Gasteiger charge is 2.34. The smallest absolute Gasteiger partial charge is 0.137 e. The molecule has 2 saturated heterocycles. The Morgan fingerprint density at radius 1 is 1.36 bits per heavy atom. The number of nitrogens with zero attached hydrogens (tertiary/aromatic N) is 3. The largest absolute Gasteiger partial charge is 0.534 e. The van der Waals surface area contributed by atoms with E-state index in [0.29, 0.717) is 19.1 Å². The molecule has 0 saturated carbocycles. The second-order valence-electron chi connectivity index (χ2n) is 4.14. The van der Waals surface area contributed by atoms with Crippen LogP contribution in [0.15, 0.2) is 0 Å². The van der Waals surface area contributed by atoms with E-state index in [0.717, 1.165) is 13.1 Å². The van der Waals surface area contributed by atoms with Crippen molar-refractivity contribution in [1.29, 1.82) is 0 Å². The molecule has 0 N–H and O–H groups in total. The molecule has 0 aromatic heterocycles. The predicted molar refractivity (Wildman–Crippen MR) is 54.3 cm³/mol. The first-order chi connectivity index (χ1) is 6.50. The lowest BCUT2D eigenvalue weighted by molar-refractivity contribution is 0.121. The van der Waals surface area contributed by atoms with Gasteiger partial charge in [-0.3, -0.25) is 4.90 Å². The van der Waals surface area contributed by atoms with Crippen molar-refractivity contribution in [3.05, 3.63) is 4.72 Å². The lowest BCUT2D eigenvalue weighted by Crippen LogP contribution is -2.53. The van der Waals surface area contributed by atoms with E-state index in [4.69, 9.17) is 0 Å². The quantitative estimate of drug-likeness (QED) is 0.623. The van der Waals surface area contributed by atoms with Gasteiger partial charge in [-0.2, -0.15) is 0 Å². The van der Waals surface area contributed by atoms with E-state index >= 15 is 0 Å². The Morgan fingerprint density at radius 2 is 2.07 bits per heavy atom. The summed E-state index contributed by atoms with van der Waals surface area (Å²) in [5.74, 6) is 0. The number of rotatable bonds is 1. The lowest BCUT2D eigenvalue weighted by atomic mass is 10.2. The number of hydrogen-bond acceptors (Lipinski definition) is 3. The summed E-state index contributed by atoms with van der Waals surface area (Å²) in [6.45, 7) is 6.94. The minimum absolute atomic E-state index is 0.0798. The zero-order chi connectivity index (χ0) is 10.3. The van der Waals surface area contributed by atoms with Crippen molar-refractivity contribution < 1.29 is 8.42 Å². The Hall–Kier alpha value is -0.170. The second kappa shape index (κ2) is 3.44. The third-order valence-corrected chi connectivity index (χ3v) is 4.48. The highest BCUT2D eigenvalue weighted by atomic mass is 32.2. The molecule has 2 aliphatic heterocycles. The van der Waals surface area contributed by atoms with Crippen LogP contribution in [0.3, 0.4) is 0 Å². The van der Waals surface area contributed by atoms with Crippen molar-refractivity contribution in [2.45, 2.75) is 25.9 Å². The molecule has 0 bridgehead atoms. The highest BCUT2D eigenvalue weighted by molar-refractivity contribution is 7.92. The van der Waals surface area contributed by atoms with E-state index < -0.39 is 10.2 Å². The summed E-state index contributed by atoms with van der Waals surface area (Å²) in [5.41, 5.74) is 0. The predicted octanol–water partition coefficient (Wildman–Crippen LogP) is 0.0131. The molecular weight excluding hydrogens is 202 g/mol. The van der Waals surface area contributed by atoms with Gasteiger partial charge in [0.05, 0.1) is 0 Å². The highest BCUT2D eigenvalue weighted by Crippen LogP contribution is 2.27. The van der Waals surface area contributed by atoms with Crippen LogP contribution in [0.2, 0.25) is 0 Å². The van der Waals surface area contributed by atoms with E-state index in [1.54, 1.807) is 0 Å². The molecule has 6 heteroatoms. The molecule has 0 aliphatic carbocycles. The van der Waals surface area contributed by atoms with E-state index in [-0.39, 0.29) is 6.04 Å². The molecule has 2 heterocycles. The van der Waals surface area contributed by atoms with Gasteiger partial charge in [-0.05, 0) is 13.8 Å². The summed E-state index contributed by atoms with van der Waals surface area (Å²) >= 11 is 0. The second-order valence-corrected chi connectivity index (χ2v) is 5.77. The first-order valence-electron chi connectivity index (χ1n) is 4.95. The molecule has 1 atom stereocenters. The molecule has 14 heavy (non-hydrogen) atoms. The van der Waals surface area contributed by atoms with Crippen molar-refractivity contribution in [2.24, 2.45) is 0 Å². The first-order valence-corrected chi connectivity index (χ1v) is 6.35. The van der Waals surface area contributed by atoms with Gasteiger partial charge in [-0.15, -0.1) is 6.54 Å². The Bertz CT molecular complexity index is 315. The first kappa shape index (κ1) is 10.4. The number of piperazine rings is 1. The fraction of sp³-hybridized carbons (Fsp3) is 1.00. The maximum absolute atomic E-state index is 11.4. The third kappa shape index (κ3) is 1.67. The molecule has 82 valence electrons. The van der Waals surface area contributed by atoms with Crippen LogP contribution in [0, 0.1) is 0 Å². The van der Waals surface area contributed by atoms with Crippen molar-refractivity contribution in [2.75, 3.05) is 26.2 Å². The van der Waals surface area contributed by atoms with Gasteiger partial charge in [0.2, 0.25) is 0 Å². The van der Waals surface area contributed by atoms with Crippen molar-refractivity contribution in [3.63, 3.8) is 0 Å². The van der Waals surface area contributed by atoms with Gasteiger partial charge >= 0.3 is 0 Å². The normalized spacial score (nSPS) is 33.5. The van der Waals surface area contributed by atoms with Crippen molar-refractivity contribution in [1.82, 2.24) is 9.21 Å². The number of fused-ring (bicyclic) bond motifs is 1. The zero-order valence-corrected chi connectivity index (χ0v) is 9.37. The van der Waals surface area contributed by atoms with Crippen LogP contribution in [-0.4, -0.2) is 55.9 Å². The summed E-state index contributed by atoms with van der Waals surface area (Å²) < 4.78 is 28.0. The maximum Gasteiger partial charge on any atom is 0.137 e. The number of hydrogen-bond donors (Lipinski definition) is 0. The topological polar surface area (TPSA) is 54.7 Å². The van der Waals surface area contributed by atoms with Crippen LogP contribution in [0.5, 0.6) is 0 Å². The van der Waals surface area contributed by atoms with E-state index in [1.165, 1.54) is 4.31 Å². The Morgan fingerprint density at radius 3 is 2.71 bits per heavy atom. The molecule has 2 aliphatic rings. The van der Waals surface area contributed by atoms with Gasteiger partial charge in [-0.25, -0.2) is 12.7 Å². The Balaban J connectivity index is 2.09. The molecule has 5 nitrogen and oxygen atoms in total. The van der Waals surface area contributed by atoms with Gasteiger partial charge in [0.1, 0.15) is 10.2 Å². The minimum Gasteiger partial charge on any atom is -0.534 e. The minimum atomic E-state index is -3.26. The van der Waals surface area contributed by atoms with E-state index in [2.05, 4.69) is 23.5 Å². The SMILES string of the molecule is CC(C)N1CCN2C(C[N-]S2(=O)=O)C1. The molecule has 1 unspecified atom stereocenters. The van der Waals surface area contributed by atoms with Gasteiger partial charge in [-0.1, -0.05) is 0 Å². The van der Waals surface area contributed by atoms with E-state index in [1.807, 2.05) is 0 Å². The average molecular weight is 218 g/mol.